The lowest BCUT2D eigenvalue weighted by Gasteiger charge is -1.93. The number of hydrogen-bond acceptors (Lipinski definition) is 0. The van der Waals surface area contributed by atoms with Gasteiger partial charge in [-0.2, -0.15) is 0 Å². The third kappa shape index (κ3) is 6.15. The van der Waals surface area contributed by atoms with E-state index in [1.165, 1.54) is 25.7 Å². The minimum Gasteiger partial charge on any atom is -0.0845 e. The van der Waals surface area contributed by atoms with Gasteiger partial charge in [0, 0.05) is 0 Å². The number of rotatable bonds is 0. The van der Waals surface area contributed by atoms with Crippen molar-refractivity contribution in [3.8, 4) is 0 Å². The van der Waals surface area contributed by atoms with Crippen LogP contribution in [0.5, 0.6) is 0 Å². The molecule has 0 aromatic rings. The van der Waals surface area contributed by atoms with Gasteiger partial charge >= 0.3 is 0 Å². The first-order chi connectivity index (χ1) is 6.50. The Kier molecular flexibility index (Phi) is 5.87. The molecule has 0 N–H and O–H groups in total. The molecule has 1 aliphatic carbocycles. The van der Waals surface area contributed by atoms with E-state index in [4.69, 9.17) is 0 Å². The fraction of sp³-hybridized carbons (Fsp3) is 0.385. The Morgan fingerprint density at radius 1 is 0.769 bits per heavy atom. The van der Waals surface area contributed by atoms with Crippen LogP contribution in [0.3, 0.4) is 0 Å². The van der Waals surface area contributed by atoms with Crippen molar-refractivity contribution in [2.75, 3.05) is 0 Å². The van der Waals surface area contributed by atoms with E-state index in [-0.39, 0.29) is 0 Å². The van der Waals surface area contributed by atoms with Gasteiger partial charge in [0.25, 0.3) is 0 Å². The lowest BCUT2D eigenvalue weighted by molar-refractivity contribution is 0.691. The molecule has 0 saturated heterocycles. The third-order valence-electron chi connectivity index (χ3n) is 1.99. The highest BCUT2D eigenvalue weighted by Crippen LogP contribution is 2.04. The monoisotopic (exact) mass is 173 g/mol. The molecule has 69 valence electrons. The summed E-state index contributed by atoms with van der Waals surface area (Å²) in [5.74, 6) is 0. The Labute approximate surface area is 81.4 Å². The van der Waals surface area contributed by atoms with Crippen LogP contribution in [-0.4, -0.2) is 0 Å². The SMILES string of the molecule is [C]1=C/C=C\C=C\C=C/CCCCC/1. The van der Waals surface area contributed by atoms with Crippen molar-refractivity contribution in [2.24, 2.45) is 0 Å². The molecule has 1 aliphatic rings. The fourth-order valence-electron chi connectivity index (χ4n) is 1.24. The first kappa shape index (κ1) is 10.0. The normalized spacial score (nSPS) is 28.9. The van der Waals surface area contributed by atoms with Crippen LogP contribution < -0.4 is 0 Å². The number of allylic oxidation sites excluding steroid dienone is 8. The second-order valence-electron chi connectivity index (χ2n) is 3.17. The van der Waals surface area contributed by atoms with Gasteiger partial charge in [0.2, 0.25) is 0 Å². The van der Waals surface area contributed by atoms with Crippen molar-refractivity contribution in [3.63, 3.8) is 0 Å². The molecule has 1 rings (SSSR count). The standard InChI is InChI=1S/C13H17/c1-2-4-6-8-10-12-13-11-9-7-5-3-1/h1-7H,8,10-13H2/b2-1+,5-3-,6-4-,9-7?. The third-order valence-corrected chi connectivity index (χ3v) is 1.99. The highest BCUT2D eigenvalue weighted by molar-refractivity contribution is 5.14. The molecular weight excluding hydrogens is 156 g/mol. The largest absolute Gasteiger partial charge is 0.0845 e. The van der Waals surface area contributed by atoms with Gasteiger partial charge in [-0.25, -0.2) is 0 Å². The first-order valence-electron chi connectivity index (χ1n) is 5.05. The van der Waals surface area contributed by atoms with Crippen LogP contribution in [0.25, 0.3) is 0 Å². The summed E-state index contributed by atoms with van der Waals surface area (Å²) < 4.78 is 0. The molecule has 13 heavy (non-hydrogen) atoms. The molecule has 0 fully saturated rings. The van der Waals surface area contributed by atoms with Crippen molar-refractivity contribution in [3.05, 3.63) is 48.6 Å². The lowest BCUT2D eigenvalue weighted by atomic mass is 10.1. The van der Waals surface area contributed by atoms with Crippen molar-refractivity contribution in [1.29, 1.82) is 0 Å². The zero-order chi connectivity index (χ0) is 9.19. The smallest absolute Gasteiger partial charge is 0.0276 e. The lowest BCUT2D eigenvalue weighted by Crippen LogP contribution is -1.74. The van der Waals surface area contributed by atoms with Crippen LogP contribution in [0.2, 0.25) is 0 Å². The maximum Gasteiger partial charge on any atom is -0.0276 e. The molecule has 0 saturated carbocycles. The average molecular weight is 173 g/mol. The minimum atomic E-state index is 1.10. The van der Waals surface area contributed by atoms with Crippen molar-refractivity contribution < 1.29 is 0 Å². The van der Waals surface area contributed by atoms with E-state index < -0.39 is 0 Å². The van der Waals surface area contributed by atoms with Gasteiger partial charge in [-0.3, -0.25) is 0 Å². The maximum atomic E-state index is 3.26. The summed E-state index contributed by atoms with van der Waals surface area (Å²) in [6.07, 6.45) is 24.0. The molecule has 0 bridgehead atoms. The molecule has 1 radical (unpaired) electrons. The van der Waals surface area contributed by atoms with E-state index >= 15 is 0 Å². The molecule has 0 unspecified atom stereocenters. The Bertz CT molecular complexity index is 192. The molecule has 0 aromatic heterocycles. The Morgan fingerprint density at radius 3 is 2.62 bits per heavy atom. The van der Waals surface area contributed by atoms with Crippen LogP contribution in [0.4, 0.5) is 0 Å². The first-order valence-corrected chi connectivity index (χ1v) is 5.05. The van der Waals surface area contributed by atoms with Gasteiger partial charge in [0.05, 0.1) is 0 Å². The molecule has 0 amide bonds. The van der Waals surface area contributed by atoms with Crippen LogP contribution in [0, 0.1) is 6.08 Å². The Balaban J connectivity index is 2.39. The summed E-state index contributed by atoms with van der Waals surface area (Å²) in [7, 11) is 0. The quantitative estimate of drug-likeness (QED) is 0.520. The van der Waals surface area contributed by atoms with Gasteiger partial charge in [-0.15, -0.1) is 0 Å². The van der Waals surface area contributed by atoms with Gasteiger partial charge in [0.15, 0.2) is 0 Å². The topological polar surface area (TPSA) is 0 Å². The summed E-state index contributed by atoms with van der Waals surface area (Å²) in [4.78, 5) is 0. The van der Waals surface area contributed by atoms with Gasteiger partial charge < -0.3 is 0 Å². The minimum absolute atomic E-state index is 1.10. The molecule has 0 aliphatic heterocycles. The average Bonchev–Trinajstić information content (AvgIpc) is 2.18. The molecule has 0 nitrogen and oxygen atoms in total. The van der Waals surface area contributed by atoms with Crippen molar-refractivity contribution in [1.82, 2.24) is 0 Å². The van der Waals surface area contributed by atoms with Gasteiger partial charge in [-0.1, -0.05) is 49.0 Å². The molecular formula is C13H17. The van der Waals surface area contributed by atoms with E-state index in [1.807, 2.05) is 24.3 Å². The van der Waals surface area contributed by atoms with E-state index in [1.54, 1.807) is 0 Å². The van der Waals surface area contributed by atoms with E-state index in [9.17, 15) is 0 Å². The summed E-state index contributed by atoms with van der Waals surface area (Å²) in [5.41, 5.74) is 0. The maximum absolute atomic E-state index is 3.26. The Hall–Kier alpha value is -1.04. The zero-order valence-corrected chi connectivity index (χ0v) is 8.08. The van der Waals surface area contributed by atoms with Gasteiger partial charge in [-0.05, 0) is 31.8 Å². The van der Waals surface area contributed by atoms with Crippen molar-refractivity contribution >= 4 is 0 Å². The summed E-state index contributed by atoms with van der Waals surface area (Å²) >= 11 is 0. The van der Waals surface area contributed by atoms with Crippen molar-refractivity contribution in [2.45, 2.75) is 32.1 Å². The summed E-state index contributed by atoms with van der Waals surface area (Å²) in [6.45, 7) is 0. The van der Waals surface area contributed by atoms with Crippen LogP contribution >= 0.6 is 0 Å². The number of hydrogen-bond donors (Lipinski definition) is 0. The zero-order valence-electron chi connectivity index (χ0n) is 8.08. The second kappa shape index (κ2) is 7.60. The predicted molar refractivity (Wildman–Crippen MR) is 58.3 cm³/mol. The predicted octanol–water partition coefficient (Wildman–Crippen LogP) is 3.98. The molecule has 0 aromatic carbocycles. The molecule has 0 heteroatoms. The highest BCUT2D eigenvalue weighted by atomic mass is 13.9. The Morgan fingerprint density at radius 2 is 1.62 bits per heavy atom. The van der Waals surface area contributed by atoms with E-state index in [2.05, 4.69) is 24.3 Å². The second-order valence-corrected chi connectivity index (χ2v) is 3.17. The summed E-state index contributed by atoms with van der Waals surface area (Å²) in [6, 6.07) is 0. The highest BCUT2D eigenvalue weighted by Gasteiger charge is 1.85. The van der Waals surface area contributed by atoms with Crippen LogP contribution in [-0.2, 0) is 0 Å². The molecule has 0 atom stereocenters. The fourth-order valence-corrected chi connectivity index (χ4v) is 1.24. The molecule has 0 spiro atoms. The van der Waals surface area contributed by atoms with E-state index in [0.717, 1.165) is 6.42 Å². The van der Waals surface area contributed by atoms with Crippen LogP contribution in [0.15, 0.2) is 42.5 Å². The van der Waals surface area contributed by atoms with Gasteiger partial charge in [0.1, 0.15) is 0 Å². The summed E-state index contributed by atoms with van der Waals surface area (Å²) in [5, 5.41) is 0. The van der Waals surface area contributed by atoms with E-state index in [0.29, 0.717) is 0 Å². The molecule has 0 heterocycles. The van der Waals surface area contributed by atoms with Crippen LogP contribution in [0.1, 0.15) is 32.1 Å².